The summed E-state index contributed by atoms with van der Waals surface area (Å²) in [5.41, 5.74) is 2.03. The highest BCUT2D eigenvalue weighted by Gasteiger charge is 2.18. The molecule has 5 heteroatoms. The molecule has 1 fully saturated rings. The molecule has 1 aliphatic heterocycles. The maximum Gasteiger partial charge on any atom is 0.219 e. The van der Waals surface area contributed by atoms with Crippen LogP contribution in [0.25, 0.3) is 0 Å². The van der Waals surface area contributed by atoms with E-state index in [1.807, 2.05) is 23.1 Å². The quantitative estimate of drug-likeness (QED) is 0.899. The van der Waals surface area contributed by atoms with E-state index >= 15 is 0 Å². The Balaban J connectivity index is 2.13. The predicted octanol–water partition coefficient (Wildman–Crippen LogP) is 2.56. The zero-order chi connectivity index (χ0) is 14.7. The Morgan fingerprint density at radius 1 is 1.30 bits per heavy atom. The van der Waals surface area contributed by atoms with E-state index in [-0.39, 0.29) is 5.91 Å². The van der Waals surface area contributed by atoms with Gasteiger partial charge in [-0.2, -0.15) is 0 Å². The molecule has 2 rings (SSSR count). The molecule has 0 spiro atoms. The number of nitrogens with zero attached hydrogens (tertiary/aromatic N) is 2. The van der Waals surface area contributed by atoms with Gasteiger partial charge < -0.3 is 14.9 Å². The topological polar surface area (TPSA) is 43.8 Å². The number of carbonyl (C=O) groups excluding carboxylic acids is 1. The molecule has 0 aromatic heterocycles. The fourth-order valence-electron chi connectivity index (χ4n) is 2.51. The van der Waals surface area contributed by atoms with Gasteiger partial charge in [-0.05, 0) is 47.0 Å². The van der Waals surface area contributed by atoms with Gasteiger partial charge in [-0.15, -0.1) is 0 Å². The lowest BCUT2D eigenvalue weighted by molar-refractivity contribution is -0.128. The van der Waals surface area contributed by atoms with Crippen molar-refractivity contribution < 1.29 is 9.90 Å². The van der Waals surface area contributed by atoms with Crippen LogP contribution in [0.1, 0.15) is 31.9 Å². The van der Waals surface area contributed by atoms with Gasteiger partial charge in [-0.3, -0.25) is 4.79 Å². The number of aliphatic hydroxyl groups is 1. The average molecular weight is 341 g/mol. The Labute approximate surface area is 128 Å². The van der Waals surface area contributed by atoms with Gasteiger partial charge in [0.2, 0.25) is 5.91 Å². The molecule has 0 bridgehead atoms. The lowest BCUT2D eigenvalue weighted by Gasteiger charge is -2.25. The van der Waals surface area contributed by atoms with E-state index in [1.165, 1.54) is 0 Å². The molecule has 0 unspecified atom stereocenters. The Morgan fingerprint density at radius 2 is 2.05 bits per heavy atom. The third kappa shape index (κ3) is 3.52. The molecule has 1 aliphatic rings. The van der Waals surface area contributed by atoms with Gasteiger partial charge in [0, 0.05) is 37.6 Å². The number of hydrogen-bond donors (Lipinski definition) is 1. The molecule has 0 aliphatic carbocycles. The average Bonchev–Trinajstić information content (AvgIpc) is 2.64. The van der Waals surface area contributed by atoms with Crippen LogP contribution in [-0.2, 0) is 4.79 Å². The van der Waals surface area contributed by atoms with E-state index in [9.17, 15) is 9.90 Å². The van der Waals surface area contributed by atoms with Crippen LogP contribution < -0.4 is 4.90 Å². The lowest BCUT2D eigenvalue weighted by atomic mass is 10.1. The highest BCUT2D eigenvalue weighted by molar-refractivity contribution is 9.10. The predicted molar refractivity (Wildman–Crippen MR) is 83.9 cm³/mol. The van der Waals surface area contributed by atoms with E-state index in [2.05, 4.69) is 20.8 Å². The van der Waals surface area contributed by atoms with Crippen molar-refractivity contribution in [2.24, 2.45) is 0 Å². The van der Waals surface area contributed by atoms with Crippen molar-refractivity contribution in [1.29, 1.82) is 0 Å². The second-order valence-corrected chi connectivity index (χ2v) is 6.09. The first-order valence-corrected chi connectivity index (χ1v) is 7.76. The zero-order valence-corrected chi connectivity index (χ0v) is 13.6. The second-order valence-electron chi connectivity index (χ2n) is 5.23. The minimum Gasteiger partial charge on any atom is -0.389 e. The molecule has 20 heavy (non-hydrogen) atoms. The Morgan fingerprint density at radius 3 is 2.65 bits per heavy atom. The molecular formula is C15H21BrN2O2. The van der Waals surface area contributed by atoms with Crippen molar-refractivity contribution in [3.8, 4) is 0 Å². The smallest absolute Gasteiger partial charge is 0.219 e. The third-order valence-corrected chi connectivity index (χ3v) is 4.37. The molecule has 1 saturated heterocycles. The highest BCUT2D eigenvalue weighted by atomic mass is 79.9. The zero-order valence-electron chi connectivity index (χ0n) is 12.0. The van der Waals surface area contributed by atoms with Crippen LogP contribution in [-0.4, -0.2) is 42.1 Å². The van der Waals surface area contributed by atoms with Gasteiger partial charge in [-0.25, -0.2) is 0 Å². The number of amides is 1. The Kier molecular flexibility index (Phi) is 5.05. The second kappa shape index (κ2) is 6.59. The number of hydrogen-bond acceptors (Lipinski definition) is 3. The molecular weight excluding hydrogens is 320 g/mol. The summed E-state index contributed by atoms with van der Waals surface area (Å²) < 4.78 is 0.993. The van der Waals surface area contributed by atoms with Crippen LogP contribution in [0.2, 0.25) is 0 Å². The minimum atomic E-state index is -0.460. The molecule has 110 valence electrons. The van der Waals surface area contributed by atoms with Gasteiger partial charge >= 0.3 is 0 Å². The van der Waals surface area contributed by atoms with E-state index in [1.54, 1.807) is 13.8 Å². The first kappa shape index (κ1) is 15.3. The SMILES string of the molecule is CC(=O)N1CCCN(c2ccc([C@H](C)O)cc2Br)CC1. The summed E-state index contributed by atoms with van der Waals surface area (Å²) in [7, 11) is 0. The van der Waals surface area contributed by atoms with Gasteiger partial charge in [0.05, 0.1) is 11.8 Å². The van der Waals surface area contributed by atoms with Crippen molar-refractivity contribution in [2.75, 3.05) is 31.1 Å². The van der Waals surface area contributed by atoms with Gasteiger partial charge in [0.1, 0.15) is 0 Å². The van der Waals surface area contributed by atoms with Crippen LogP contribution in [0.15, 0.2) is 22.7 Å². The normalized spacial score (nSPS) is 17.8. The van der Waals surface area contributed by atoms with Crippen molar-refractivity contribution in [3.05, 3.63) is 28.2 Å². The molecule has 1 atom stereocenters. The van der Waals surface area contributed by atoms with Crippen LogP contribution in [0.5, 0.6) is 0 Å². The van der Waals surface area contributed by atoms with Crippen LogP contribution >= 0.6 is 15.9 Å². The molecule has 4 nitrogen and oxygen atoms in total. The first-order valence-electron chi connectivity index (χ1n) is 6.97. The summed E-state index contributed by atoms with van der Waals surface area (Å²) in [6.45, 7) is 6.76. The molecule has 1 aromatic rings. The summed E-state index contributed by atoms with van der Waals surface area (Å²) in [5, 5.41) is 9.61. The van der Waals surface area contributed by atoms with Crippen LogP contribution in [0.4, 0.5) is 5.69 Å². The van der Waals surface area contributed by atoms with Gasteiger partial charge in [0.15, 0.2) is 0 Å². The maximum absolute atomic E-state index is 11.5. The third-order valence-electron chi connectivity index (χ3n) is 3.74. The molecule has 0 saturated carbocycles. The lowest BCUT2D eigenvalue weighted by Crippen LogP contribution is -2.33. The van der Waals surface area contributed by atoms with Crippen LogP contribution in [0, 0.1) is 0 Å². The van der Waals surface area contributed by atoms with E-state index in [0.29, 0.717) is 0 Å². The summed E-state index contributed by atoms with van der Waals surface area (Å²) >= 11 is 3.59. The molecule has 1 N–H and O–H groups in total. The van der Waals surface area contributed by atoms with Crippen molar-refractivity contribution in [1.82, 2.24) is 4.90 Å². The molecule has 1 heterocycles. The Bertz CT molecular complexity index is 491. The number of halogens is 1. The summed E-state index contributed by atoms with van der Waals surface area (Å²) in [4.78, 5) is 15.6. The number of aliphatic hydroxyl groups excluding tert-OH is 1. The largest absolute Gasteiger partial charge is 0.389 e. The van der Waals surface area contributed by atoms with E-state index in [4.69, 9.17) is 0 Å². The summed E-state index contributed by atoms with van der Waals surface area (Å²) in [5.74, 6) is 0.148. The Hall–Kier alpha value is -1.07. The maximum atomic E-state index is 11.5. The van der Waals surface area contributed by atoms with Crippen molar-refractivity contribution >= 4 is 27.5 Å². The number of benzene rings is 1. The fraction of sp³-hybridized carbons (Fsp3) is 0.533. The number of anilines is 1. The standard InChI is InChI=1S/C15H21BrN2O2/c1-11(19)13-4-5-15(14(16)10-13)18-7-3-6-17(8-9-18)12(2)20/h4-5,10-11,19H,3,6-9H2,1-2H3/t11-/m0/s1. The van der Waals surface area contributed by atoms with E-state index < -0.39 is 6.10 Å². The van der Waals surface area contributed by atoms with Gasteiger partial charge in [-0.1, -0.05) is 6.07 Å². The highest BCUT2D eigenvalue weighted by Crippen LogP contribution is 2.30. The molecule has 0 radical (unpaired) electrons. The number of rotatable bonds is 2. The number of carbonyl (C=O) groups is 1. The minimum absolute atomic E-state index is 0.148. The van der Waals surface area contributed by atoms with E-state index in [0.717, 1.165) is 48.3 Å². The molecule has 1 aromatic carbocycles. The fourth-order valence-corrected chi connectivity index (χ4v) is 3.16. The van der Waals surface area contributed by atoms with Gasteiger partial charge in [0.25, 0.3) is 0 Å². The molecule has 1 amide bonds. The van der Waals surface area contributed by atoms with Crippen molar-refractivity contribution in [3.63, 3.8) is 0 Å². The monoisotopic (exact) mass is 340 g/mol. The van der Waals surface area contributed by atoms with Crippen LogP contribution in [0.3, 0.4) is 0 Å². The summed E-state index contributed by atoms with van der Waals surface area (Å²) in [6.07, 6.45) is 0.516. The summed E-state index contributed by atoms with van der Waals surface area (Å²) in [6, 6.07) is 5.96. The first-order chi connectivity index (χ1) is 9.49. The van der Waals surface area contributed by atoms with Crippen molar-refractivity contribution in [2.45, 2.75) is 26.4 Å².